The molecular weight excluding hydrogens is 1490 g/mol. The van der Waals surface area contributed by atoms with Crippen LogP contribution < -0.4 is 78.1 Å². The number of hydrogen-bond acceptors (Lipinski definition) is 18. The summed E-state index contributed by atoms with van der Waals surface area (Å²) in [5.41, 5.74) is 10.1. The molecule has 0 aliphatic carbocycles. The van der Waals surface area contributed by atoms with E-state index in [1.807, 2.05) is 58.3 Å². The molecule has 12 heterocycles. The predicted octanol–water partition coefficient (Wildman–Crippen LogP) is 16.5. The molecule has 118 heavy (non-hydrogen) atoms. The van der Waals surface area contributed by atoms with E-state index in [4.69, 9.17) is 56.8 Å². The number of benzene rings is 6. The lowest BCUT2D eigenvalue weighted by Crippen LogP contribution is -2.46. The summed E-state index contributed by atoms with van der Waals surface area (Å²) in [6.07, 6.45) is 8.67. The molecule has 4 N–H and O–H groups in total. The fraction of sp³-hybridized carbons (Fsp3) is 0.583. The van der Waals surface area contributed by atoms with Gasteiger partial charge in [-0.1, -0.05) is 119 Å². The molecule has 6 aromatic rings. The van der Waals surface area contributed by atoms with Gasteiger partial charge in [-0.15, -0.1) is 0 Å². The van der Waals surface area contributed by atoms with Gasteiger partial charge in [0.25, 0.3) is 0 Å². The maximum Gasteiger partial charge on any atom is 0.224 e. The van der Waals surface area contributed by atoms with Crippen molar-refractivity contribution in [2.45, 2.75) is 231 Å². The van der Waals surface area contributed by atoms with Crippen molar-refractivity contribution in [2.75, 3.05) is 136 Å². The van der Waals surface area contributed by atoms with Crippen molar-refractivity contribution >= 4 is 23.6 Å². The fourth-order valence-electron chi connectivity index (χ4n) is 16.0. The third-order valence-electron chi connectivity index (χ3n) is 23.5. The molecule has 0 aromatic heterocycles. The average Bonchev–Trinajstić information content (AvgIpc) is 0.747. The molecule has 0 atom stereocenters. The minimum absolute atomic E-state index is 0.0401. The van der Waals surface area contributed by atoms with Gasteiger partial charge in [-0.25, -0.2) is 0 Å². The number of carbonyl (C=O) groups is 4. The first-order chi connectivity index (χ1) is 56.3. The number of piperidine rings is 2. The number of unbranched alkanes of at least 4 members (excludes halogenated alkanes) is 2. The van der Waals surface area contributed by atoms with Crippen molar-refractivity contribution in [2.24, 2.45) is 0 Å². The summed E-state index contributed by atoms with van der Waals surface area (Å²) in [5.74, 6) is 5.36. The van der Waals surface area contributed by atoms with E-state index < -0.39 is 10.8 Å². The lowest BCUT2D eigenvalue weighted by Gasteiger charge is -2.43. The average molecular weight is 1630 g/mol. The van der Waals surface area contributed by atoms with Crippen LogP contribution in [0.25, 0.3) is 0 Å². The van der Waals surface area contributed by atoms with Gasteiger partial charge in [0, 0.05) is 88.9 Å². The molecular formula is C96H138N6O16. The Labute approximate surface area is 703 Å². The molecule has 2 saturated heterocycles. The van der Waals surface area contributed by atoms with Gasteiger partial charge in [0.15, 0.2) is 46.0 Å². The highest BCUT2D eigenvalue weighted by molar-refractivity contribution is 5.80. The summed E-state index contributed by atoms with van der Waals surface area (Å²) in [6.45, 7) is 33.5. The summed E-state index contributed by atoms with van der Waals surface area (Å²) in [4.78, 5) is 58.4. The predicted molar refractivity (Wildman–Crippen MR) is 466 cm³/mol. The molecule has 6 aromatic carbocycles. The molecule has 648 valence electrons. The number of nitrogens with one attached hydrogen (secondary N) is 4. The first-order valence-electron chi connectivity index (χ1n) is 42.6. The van der Waals surface area contributed by atoms with E-state index in [9.17, 15) is 19.2 Å². The van der Waals surface area contributed by atoms with E-state index in [1.165, 1.54) is 33.4 Å². The van der Waals surface area contributed by atoms with Gasteiger partial charge in [0.05, 0.1) is 83.3 Å². The number of carbonyl (C=O) groups excluding carboxylic acids is 4. The largest absolute Gasteiger partial charge is 0.493 e. The van der Waals surface area contributed by atoms with Gasteiger partial charge in [0.2, 0.25) is 46.6 Å². The topological polar surface area (TPSA) is 234 Å². The molecule has 8 bridgehead atoms. The highest BCUT2D eigenvalue weighted by atomic mass is 16.6. The van der Waals surface area contributed by atoms with Crippen LogP contribution in [0.15, 0.2) is 84.9 Å². The van der Waals surface area contributed by atoms with Crippen LogP contribution in [-0.4, -0.2) is 169 Å². The number of amides is 4. The van der Waals surface area contributed by atoms with Gasteiger partial charge >= 0.3 is 0 Å². The molecule has 2 fully saturated rings. The first-order valence-corrected chi connectivity index (χ1v) is 42.6. The Bertz CT molecular complexity index is 3740. The van der Waals surface area contributed by atoms with Crippen molar-refractivity contribution in [3.63, 3.8) is 0 Å². The van der Waals surface area contributed by atoms with E-state index in [-0.39, 0.29) is 71.2 Å². The molecule has 0 radical (unpaired) electrons. The minimum atomic E-state index is -0.737. The third kappa shape index (κ3) is 24.0. The second-order valence-corrected chi connectivity index (χ2v) is 35.9. The summed E-state index contributed by atoms with van der Waals surface area (Å²) in [5, 5.41) is 13.2. The third-order valence-corrected chi connectivity index (χ3v) is 23.5. The number of likely N-dealkylation sites (tertiary alicyclic amines) is 2. The quantitative estimate of drug-likeness (QED) is 0.0334. The Kier molecular flexibility index (Phi) is 33.0. The number of rotatable bonds is 28. The van der Waals surface area contributed by atoms with Crippen LogP contribution in [0.5, 0.6) is 69.0 Å². The smallest absolute Gasteiger partial charge is 0.224 e. The van der Waals surface area contributed by atoms with Crippen molar-refractivity contribution in [1.29, 1.82) is 0 Å². The monoisotopic (exact) mass is 1630 g/mol. The van der Waals surface area contributed by atoms with E-state index in [0.29, 0.717) is 186 Å². The normalized spacial score (nSPS) is 15.5. The van der Waals surface area contributed by atoms with E-state index in [0.717, 1.165) is 74.1 Å². The van der Waals surface area contributed by atoms with Crippen LogP contribution in [0.2, 0.25) is 0 Å². The van der Waals surface area contributed by atoms with Crippen LogP contribution >= 0.6 is 0 Å². The van der Waals surface area contributed by atoms with E-state index in [2.05, 4.69) is 141 Å². The SMILES string of the molecule is COc1cc2cc(OC)c1OCCCCOc1c(OC)cc(cc1OC)C1(CCN(C(=O)CCNC(=O)CCCCNCc3cc(C(C)(C)C)cc(C(C)(C)C)c3)CC1)c1cc(OC)c(c(OC)c1)OCCCCOc1c(OC)cc(cc1OC)C21CCN(C(=O)CCNC(=O)CCCCNCc2cc(C(C)(C)C)cc(C(C)(C)C)c2)CC1. The second kappa shape index (κ2) is 42.1. The number of hydrogen-bond donors (Lipinski definition) is 4. The maximum atomic E-state index is 14.1. The molecule has 12 aliphatic rings. The van der Waals surface area contributed by atoms with Crippen molar-refractivity contribution < 1.29 is 76.0 Å². The molecule has 12 aliphatic heterocycles. The van der Waals surface area contributed by atoms with Crippen molar-refractivity contribution in [3.05, 3.63) is 141 Å². The summed E-state index contributed by atoms with van der Waals surface area (Å²) < 4.78 is 75.8. The fourth-order valence-corrected chi connectivity index (χ4v) is 16.0. The molecule has 0 saturated carbocycles. The van der Waals surface area contributed by atoms with Crippen LogP contribution in [0.3, 0.4) is 0 Å². The standard InChI is InChI=1S/C96H138N6O16/c1-91(2,3)67-49-65(50-68(53-67)92(4,5)6)63-97-37-23-21-29-83(103)99-39-31-85(105)101-41-33-95(34-42-101)71-55-75(107-13)87(76(56-71)108-14)115-45-25-27-47-117-89-79(111-17)59-73(60-80(89)112-18)96(74-61-81(113-19)90(82(62-74)114-20)118-48-28-26-46-116-88-77(109-15)57-72(95)58-78(88)110-16)35-43-102(44-36-96)86(106)32-40-100-84(104)30-22-24-38-98-64-66-51-69(93(7,8)9)54-70(52-66)94(10,11)12/h49-62,97-98H,21-48,63-64H2,1-20H3,(H,99,103)(H,100,104). The summed E-state index contributed by atoms with van der Waals surface area (Å²) in [6, 6.07) is 29.9. The number of methoxy groups -OCH3 is 8. The summed E-state index contributed by atoms with van der Waals surface area (Å²) >= 11 is 0. The van der Waals surface area contributed by atoms with Gasteiger partial charge in [0.1, 0.15) is 0 Å². The Morgan fingerprint density at radius 2 is 0.568 bits per heavy atom. The zero-order valence-corrected chi connectivity index (χ0v) is 74.7. The number of ether oxygens (including phenoxy) is 12. The highest BCUT2D eigenvalue weighted by Gasteiger charge is 2.44. The van der Waals surface area contributed by atoms with Crippen molar-refractivity contribution in [3.8, 4) is 69.0 Å². The lowest BCUT2D eigenvalue weighted by atomic mass is 9.67. The first kappa shape index (κ1) is 92.6. The molecule has 0 unspecified atom stereocenters. The zero-order valence-electron chi connectivity index (χ0n) is 74.7. The Morgan fingerprint density at radius 1 is 0.331 bits per heavy atom. The molecule has 18 rings (SSSR count). The molecule has 22 nitrogen and oxygen atoms in total. The Hall–Kier alpha value is -9.28. The minimum Gasteiger partial charge on any atom is -0.493 e. The zero-order chi connectivity index (χ0) is 85.6. The van der Waals surface area contributed by atoms with Crippen molar-refractivity contribution in [1.82, 2.24) is 31.1 Å². The van der Waals surface area contributed by atoms with Crippen LogP contribution in [-0.2, 0) is 64.8 Å². The second-order valence-electron chi connectivity index (χ2n) is 35.9. The molecule has 2 spiro atoms. The van der Waals surface area contributed by atoms with E-state index in [1.54, 1.807) is 56.9 Å². The van der Waals surface area contributed by atoms with Crippen LogP contribution in [0.1, 0.15) is 241 Å². The van der Waals surface area contributed by atoms with Gasteiger partial charge in [-0.2, -0.15) is 0 Å². The maximum absolute atomic E-state index is 14.1. The highest BCUT2D eigenvalue weighted by Crippen LogP contribution is 2.54. The van der Waals surface area contributed by atoms with Gasteiger partial charge in [-0.05, 0) is 216 Å². The molecule has 22 heteroatoms. The Morgan fingerprint density at radius 3 is 0.788 bits per heavy atom. The summed E-state index contributed by atoms with van der Waals surface area (Å²) in [7, 11) is 12.9. The Balaban J connectivity index is 0.863. The lowest BCUT2D eigenvalue weighted by molar-refractivity contribution is -0.133. The van der Waals surface area contributed by atoms with Gasteiger partial charge in [-0.3, -0.25) is 19.2 Å². The van der Waals surface area contributed by atoms with E-state index >= 15 is 0 Å². The van der Waals surface area contributed by atoms with Crippen LogP contribution in [0.4, 0.5) is 0 Å². The van der Waals surface area contributed by atoms with Crippen LogP contribution in [0, 0.1) is 0 Å². The number of nitrogens with zero attached hydrogens (tertiary/aromatic N) is 2. The molecule has 4 amide bonds. The van der Waals surface area contributed by atoms with Gasteiger partial charge < -0.3 is 87.9 Å².